The second-order valence-electron chi connectivity index (χ2n) is 10.1. The van der Waals surface area contributed by atoms with Crippen LogP contribution in [0.3, 0.4) is 0 Å². The standard InChI is InChI=1S/C31H32N4O4/c1-31(2,3)39-30(38)35(21-23-12-8-5-9-13-23)25-16-14-24(15-17-25)26-18-19-32-29(33-26)34-27(28(36)37)20-22-10-6-4-7-11-22/h4-19,27H,20-21H2,1-3H3,(H,36,37)(H,32,33,34). The molecule has 39 heavy (non-hydrogen) atoms. The molecule has 1 amide bonds. The fraction of sp³-hybridized carbons (Fsp3) is 0.226. The van der Waals surface area contributed by atoms with Crippen LogP contribution in [0.4, 0.5) is 16.4 Å². The van der Waals surface area contributed by atoms with Gasteiger partial charge in [0.25, 0.3) is 0 Å². The summed E-state index contributed by atoms with van der Waals surface area (Å²) in [5.74, 6) is -0.766. The Balaban J connectivity index is 1.54. The van der Waals surface area contributed by atoms with Gasteiger partial charge in [0.2, 0.25) is 5.95 Å². The number of hydrogen-bond donors (Lipinski definition) is 2. The molecule has 3 aromatic carbocycles. The Kier molecular flexibility index (Phi) is 8.56. The zero-order valence-corrected chi connectivity index (χ0v) is 22.2. The zero-order valence-electron chi connectivity index (χ0n) is 22.2. The number of ether oxygens (including phenoxy) is 1. The number of nitrogens with one attached hydrogen (secondary N) is 1. The van der Waals surface area contributed by atoms with Crippen LogP contribution in [0.25, 0.3) is 11.3 Å². The summed E-state index contributed by atoms with van der Waals surface area (Å²) in [6, 6.07) is 27.4. The fourth-order valence-corrected chi connectivity index (χ4v) is 3.95. The van der Waals surface area contributed by atoms with Gasteiger partial charge in [-0.15, -0.1) is 0 Å². The molecule has 200 valence electrons. The number of aromatic nitrogens is 2. The van der Waals surface area contributed by atoms with Gasteiger partial charge in [0, 0.05) is 23.9 Å². The van der Waals surface area contributed by atoms with Gasteiger partial charge in [-0.3, -0.25) is 4.90 Å². The lowest BCUT2D eigenvalue weighted by Gasteiger charge is -2.27. The number of benzene rings is 3. The molecule has 4 aromatic rings. The van der Waals surface area contributed by atoms with Gasteiger partial charge in [0.05, 0.1) is 12.2 Å². The Morgan fingerprint density at radius 3 is 2.10 bits per heavy atom. The molecule has 0 fully saturated rings. The summed E-state index contributed by atoms with van der Waals surface area (Å²) in [6.07, 6.45) is 1.44. The number of hydrogen-bond acceptors (Lipinski definition) is 6. The molecule has 8 heteroatoms. The fourth-order valence-electron chi connectivity index (χ4n) is 3.95. The predicted molar refractivity (Wildman–Crippen MR) is 152 cm³/mol. The third-order valence-electron chi connectivity index (χ3n) is 5.81. The summed E-state index contributed by atoms with van der Waals surface area (Å²) < 4.78 is 5.67. The van der Waals surface area contributed by atoms with Gasteiger partial charge in [-0.1, -0.05) is 72.8 Å². The van der Waals surface area contributed by atoms with Crippen LogP contribution in [0.1, 0.15) is 31.9 Å². The maximum absolute atomic E-state index is 13.1. The summed E-state index contributed by atoms with van der Waals surface area (Å²) in [5, 5.41) is 12.7. The van der Waals surface area contributed by atoms with E-state index in [-0.39, 0.29) is 5.95 Å². The summed E-state index contributed by atoms with van der Waals surface area (Å²) >= 11 is 0. The lowest BCUT2D eigenvalue weighted by atomic mass is 10.1. The molecule has 0 saturated carbocycles. The Morgan fingerprint density at radius 2 is 1.51 bits per heavy atom. The lowest BCUT2D eigenvalue weighted by molar-refractivity contribution is -0.137. The van der Waals surface area contributed by atoms with E-state index >= 15 is 0 Å². The highest BCUT2D eigenvalue weighted by molar-refractivity contribution is 5.88. The van der Waals surface area contributed by atoms with Gasteiger partial charge in [-0.25, -0.2) is 19.6 Å². The number of anilines is 2. The Labute approximate surface area is 228 Å². The SMILES string of the molecule is CC(C)(C)OC(=O)N(Cc1ccccc1)c1ccc(-c2ccnc(NC(Cc3ccccc3)C(=O)O)n2)cc1. The van der Waals surface area contributed by atoms with E-state index in [2.05, 4.69) is 15.3 Å². The normalized spacial score (nSPS) is 11.9. The minimum Gasteiger partial charge on any atom is -0.480 e. The van der Waals surface area contributed by atoms with Crippen molar-refractivity contribution in [3.63, 3.8) is 0 Å². The van der Waals surface area contributed by atoms with Crippen LogP contribution in [0.5, 0.6) is 0 Å². The van der Waals surface area contributed by atoms with Gasteiger partial charge in [0.1, 0.15) is 11.6 Å². The molecule has 0 bridgehead atoms. The highest BCUT2D eigenvalue weighted by Crippen LogP contribution is 2.25. The summed E-state index contributed by atoms with van der Waals surface area (Å²) in [7, 11) is 0. The largest absolute Gasteiger partial charge is 0.480 e. The molecular weight excluding hydrogens is 492 g/mol. The summed E-state index contributed by atoms with van der Waals surface area (Å²) in [5.41, 5.74) is 3.33. The quantitative estimate of drug-likeness (QED) is 0.269. The van der Waals surface area contributed by atoms with Crippen molar-refractivity contribution in [1.29, 1.82) is 0 Å². The first-order valence-corrected chi connectivity index (χ1v) is 12.7. The molecule has 0 aliphatic rings. The number of nitrogens with zero attached hydrogens (tertiary/aromatic N) is 3. The van der Waals surface area contributed by atoms with Gasteiger partial charge >= 0.3 is 12.1 Å². The van der Waals surface area contributed by atoms with Crippen molar-refractivity contribution in [3.05, 3.63) is 108 Å². The smallest absolute Gasteiger partial charge is 0.415 e. The maximum atomic E-state index is 13.1. The van der Waals surface area contributed by atoms with Crippen molar-refractivity contribution in [1.82, 2.24) is 9.97 Å². The van der Waals surface area contributed by atoms with Crippen LogP contribution in [-0.4, -0.2) is 38.8 Å². The molecule has 1 atom stereocenters. The van der Waals surface area contributed by atoms with E-state index in [1.807, 2.05) is 106 Å². The van der Waals surface area contributed by atoms with Crippen LogP contribution < -0.4 is 10.2 Å². The summed E-state index contributed by atoms with van der Waals surface area (Å²) in [6.45, 7) is 5.87. The average molecular weight is 525 g/mol. The van der Waals surface area contributed by atoms with Crippen molar-refractivity contribution in [2.75, 3.05) is 10.2 Å². The third kappa shape index (κ3) is 7.88. The number of aliphatic carboxylic acids is 1. The van der Waals surface area contributed by atoms with Gasteiger partial charge in [-0.2, -0.15) is 0 Å². The van der Waals surface area contributed by atoms with E-state index in [1.165, 1.54) is 0 Å². The molecule has 0 aliphatic heterocycles. The topological polar surface area (TPSA) is 105 Å². The van der Waals surface area contributed by atoms with Gasteiger partial charge in [0.15, 0.2) is 0 Å². The number of amides is 1. The molecule has 0 radical (unpaired) electrons. The maximum Gasteiger partial charge on any atom is 0.415 e. The predicted octanol–water partition coefficient (Wildman–Crippen LogP) is 6.19. The number of carbonyl (C=O) groups excluding carboxylic acids is 1. The van der Waals surface area contributed by atoms with Gasteiger partial charge < -0.3 is 15.2 Å². The van der Waals surface area contributed by atoms with Crippen molar-refractivity contribution in [2.24, 2.45) is 0 Å². The first-order chi connectivity index (χ1) is 18.7. The Hall–Kier alpha value is -4.72. The van der Waals surface area contributed by atoms with Crippen LogP contribution in [0.15, 0.2) is 97.2 Å². The molecule has 0 aliphatic carbocycles. The number of rotatable bonds is 9. The van der Waals surface area contributed by atoms with Crippen molar-refractivity contribution >= 4 is 23.7 Å². The molecule has 1 unspecified atom stereocenters. The molecule has 1 aromatic heterocycles. The van der Waals surface area contributed by atoms with E-state index in [0.29, 0.717) is 24.3 Å². The van der Waals surface area contributed by atoms with E-state index in [0.717, 1.165) is 16.7 Å². The number of carboxylic acid groups (broad SMARTS) is 1. The molecule has 1 heterocycles. The van der Waals surface area contributed by atoms with Crippen LogP contribution in [0.2, 0.25) is 0 Å². The number of carboxylic acids is 1. The van der Waals surface area contributed by atoms with Crippen LogP contribution in [-0.2, 0) is 22.5 Å². The molecular formula is C31H32N4O4. The molecule has 8 nitrogen and oxygen atoms in total. The lowest BCUT2D eigenvalue weighted by Crippen LogP contribution is -2.36. The second-order valence-corrected chi connectivity index (χ2v) is 10.1. The zero-order chi connectivity index (χ0) is 27.8. The van der Waals surface area contributed by atoms with Crippen LogP contribution >= 0.6 is 0 Å². The highest BCUT2D eigenvalue weighted by Gasteiger charge is 2.24. The van der Waals surface area contributed by atoms with E-state index < -0.39 is 23.7 Å². The summed E-state index contributed by atoms with van der Waals surface area (Å²) in [4.78, 5) is 35.3. The Morgan fingerprint density at radius 1 is 0.897 bits per heavy atom. The van der Waals surface area contributed by atoms with Crippen molar-refractivity contribution in [2.45, 2.75) is 45.4 Å². The molecule has 2 N–H and O–H groups in total. The van der Waals surface area contributed by atoms with Gasteiger partial charge in [-0.05, 0) is 50.1 Å². The van der Waals surface area contributed by atoms with E-state index in [9.17, 15) is 14.7 Å². The van der Waals surface area contributed by atoms with E-state index in [1.54, 1.807) is 17.2 Å². The van der Waals surface area contributed by atoms with Crippen molar-refractivity contribution in [3.8, 4) is 11.3 Å². The first-order valence-electron chi connectivity index (χ1n) is 12.7. The first kappa shape index (κ1) is 27.3. The second kappa shape index (κ2) is 12.2. The van der Waals surface area contributed by atoms with Crippen molar-refractivity contribution < 1.29 is 19.4 Å². The highest BCUT2D eigenvalue weighted by atomic mass is 16.6. The van der Waals surface area contributed by atoms with Crippen LogP contribution in [0, 0.1) is 0 Å². The third-order valence-corrected chi connectivity index (χ3v) is 5.81. The molecule has 0 saturated heterocycles. The minimum atomic E-state index is -0.988. The monoisotopic (exact) mass is 524 g/mol. The molecule has 0 spiro atoms. The average Bonchev–Trinajstić information content (AvgIpc) is 2.92. The Bertz CT molecular complexity index is 1390. The van der Waals surface area contributed by atoms with E-state index in [4.69, 9.17) is 4.74 Å². The minimum absolute atomic E-state index is 0.222. The number of carbonyl (C=O) groups is 2. The molecule has 4 rings (SSSR count).